The molecule has 0 aliphatic heterocycles. The maximum atomic E-state index is 10.2. The normalized spacial score (nSPS) is 14.2. The van der Waals surface area contributed by atoms with Crippen LogP contribution in [0.3, 0.4) is 0 Å². The van der Waals surface area contributed by atoms with Crippen LogP contribution in [-0.2, 0) is 9.47 Å². The first kappa shape index (κ1) is 22.1. The quantitative estimate of drug-likeness (QED) is 0.336. The largest absolute Gasteiger partial charge is 1.00 e. The van der Waals surface area contributed by atoms with Crippen molar-refractivity contribution in [1.29, 1.82) is 0 Å². The molecule has 3 nitrogen and oxygen atoms in total. The predicted molar refractivity (Wildman–Crippen MR) is 42.2 cm³/mol. The van der Waals surface area contributed by atoms with Crippen LogP contribution in [0.4, 0.5) is 30.0 Å². The van der Waals surface area contributed by atoms with Crippen LogP contribution in [0.15, 0.2) is 0 Å². The third-order valence-corrected chi connectivity index (χ3v) is 0.524. The average molecular weight is 302 g/mol. The van der Waals surface area contributed by atoms with E-state index in [9.17, 15) is 30.0 Å². The van der Waals surface area contributed by atoms with Gasteiger partial charge in [0.2, 0.25) is 0 Å². The Labute approximate surface area is 130 Å². The molecule has 0 saturated heterocycles. The number of carbonyl (C=O) groups is 1. The van der Waals surface area contributed by atoms with Gasteiger partial charge in [-0.25, -0.2) is 4.79 Å². The van der Waals surface area contributed by atoms with Crippen molar-refractivity contribution in [1.82, 2.24) is 0 Å². The fourth-order valence-corrected chi connectivity index (χ4v) is 0.277. The van der Waals surface area contributed by atoms with E-state index >= 15 is 0 Å². The first-order valence-electron chi connectivity index (χ1n) is 3.62. The van der Waals surface area contributed by atoms with E-state index in [0.717, 1.165) is 0 Å². The van der Waals surface area contributed by atoms with Crippen LogP contribution in [0.1, 0.15) is 13.8 Å². The van der Waals surface area contributed by atoms with Gasteiger partial charge in [-0.15, -0.1) is 0 Å². The molecule has 0 saturated carbocycles. The van der Waals surface area contributed by atoms with Gasteiger partial charge in [0.1, 0.15) is 0 Å². The smallest absolute Gasteiger partial charge is 1.00 e. The van der Waals surface area contributed by atoms with E-state index in [1.54, 1.807) is 13.8 Å². The number of rotatable bonds is 2. The Morgan fingerprint density at radius 2 is 1.12 bits per heavy atom. The van der Waals surface area contributed by atoms with Gasteiger partial charge < -0.3 is 9.47 Å². The molecule has 11 heteroatoms. The van der Waals surface area contributed by atoms with Crippen LogP contribution in [0.25, 0.3) is 0 Å². The van der Waals surface area contributed by atoms with Crippen molar-refractivity contribution in [3.8, 4) is 0 Å². The Morgan fingerprint density at radius 3 is 1.25 bits per heavy atom. The van der Waals surface area contributed by atoms with Crippen molar-refractivity contribution in [2.45, 2.75) is 13.8 Å². The number of carbonyl (C=O) groups excluding carboxylic acids is 1. The second-order valence-electron chi connectivity index (χ2n) is 2.07. The first-order chi connectivity index (χ1) is 6.26. The maximum Gasteiger partial charge on any atom is 1.00 e. The van der Waals surface area contributed by atoms with E-state index in [0.29, 0.717) is 13.2 Å². The summed E-state index contributed by atoms with van der Waals surface area (Å²) in [6.07, 6.45) is -0.588. The Balaban J connectivity index is -0.000000200. The van der Waals surface area contributed by atoms with E-state index in [1.807, 2.05) is 0 Å². The Kier molecular flexibility index (Phi) is 9.33. The molecule has 0 fully saturated rings. The molecule has 0 atom stereocenters. The summed E-state index contributed by atoms with van der Waals surface area (Å²) >= 11 is 0. The summed E-state index contributed by atoms with van der Waals surface area (Å²) in [6.45, 7) is 4.21. The summed E-state index contributed by atoms with van der Waals surface area (Å²) in [7, 11) is -10.7. The maximum absolute atomic E-state index is 10.7. The van der Waals surface area contributed by atoms with Crippen LogP contribution in [0.2, 0.25) is 0 Å². The SMILES string of the molecule is CCOC(=O)OCC.F[P-](F)(F)(F)(F)F.[K+]. The predicted octanol–water partition coefficient (Wildman–Crippen LogP) is 1.57. The monoisotopic (exact) mass is 302 g/mol. The van der Waals surface area contributed by atoms with Gasteiger partial charge in [-0.1, -0.05) is 0 Å². The molecule has 0 amide bonds. The van der Waals surface area contributed by atoms with Crippen LogP contribution in [0, 0.1) is 0 Å². The summed E-state index contributed by atoms with van der Waals surface area (Å²) in [5, 5.41) is 0. The summed E-state index contributed by atoms with van der Waals surface area (Å²) in [6, 6.07) is 0. The molecule has 0 aliphatic carbocycles. The summed E-state index contributed by atoms with van der Waals surface area (Å²) in [4.78, 5) is 10.2. The van der Waals surface area contributed by atoms with Gasteiger partial charge in [0.05, 0.1) is 13.2 Å². The first-order valence-corrected chi connectivity index (χ1v) is 5.65. The zero-order chi connectivity index (χ0) is 12.8. The summed E-state index contributed by atoms with van der Waals surface area (Å²) in [5.41, 5.74) is 0. The standard InChI is InChI=1S/C5H10O3.F6P.K/c1-3-7-5(6)8-4-2;1-7(2,3,4,5)6;/h3-4H2,1-2H3;;/q;-1;+1. The molecule has 0 N–H and O–H groups in total. The number of hydrogen-bond donors (Lipinski definition) is 0. The van der Waals surface area contributed by atoms with E-state index < -0.39 is 14.0 Å². The van der Waals surface area contributed by atoms with Gasteiger partial charge in [0.25, 0.3) is 0 Å². The summed E-state index contributed by atoms with van der Waals surface area (Å²) < 4.78 is 68.0. The minimum absolute atomic E-state index is 0. The average Bonchev–Trinajstić information content (AvgIpc) is 1.80. The Hall–Kier alpha value is 0.916. The number of hydrogen-bond acceptors (Lipinski definition) is 3. The van der Waals surface area contributed by atoms with Gasteiger partial charge in [0, 0.05) is 0 Å². The van der Waals surface area contributed by atoms with Crippen molar-refractivity contribution in [2.75, 3.05) is 13.2 Å². The molecule has 96 valence electrons. The Morgan fingerprint density at radius 1 is 0.938 bits per heavy atom. The molecule has 0 rings (SSSR count). The van der Waals surface area contributed by atoms with Crippen molar-refractivity contribution < 1.29 is 90.8 Å². The second kappa shape index (κ2) is 6.74. The molecule has 0 unspecified atom stereocenters. The number of halogens is 6. The molecule has 0 spiro atoms. The van der Waals surface area contributed by atoms with Crippen molar-refractivity contribution in [3.63, 3.8) is 0 Å². The minimum Gasteiger partial charge on any atom is 1.00 e. The molecule has 0 bridgehead atoms. The van der Waals surface area contributed by atoms with Crippen LogP contribution in [-0.4, -0.2) is 19.4 Å². The summed E-state index contributed by atoms with van der Waals surface area (Å²) in [5.74, 6) is 0. The van der Waals surface area contributed by atoms with Gasteiger partial charge >= 0.3 is 90.5 Å². The fourth-order valence-electron chi connectivity index (χ4n) is 0.277. The van der Waals surface area contributed by atoms with Crippen molar-refractivity contribution in [3.05, 3.63) is 0 Å². The number of ether oxygens (including phenoxy) is 2. The minimum atomic E-state index is -10.7. The van der Waals surface area contributed by atoms with Crippen LogP contribution in [0.5, 0.6) is 0 Å². The van der Waals surface area contributed by atoms with E-state index in [-0.39, 0.29) is 51.4 Å². The zero-order valence-corrected chi connectivity index (χ0v) is 12.9. The topological polar surface area (TPSA) is 35.5 Å². The van der Waals surface area contributed by atoms with E-state index in [2.05, 4.69) is 9.47 Å². The third kappa shape index (κ3) is 60.4. The van der Waals surface area contributed by atoms with Gasteiger partial charge in [0.15, 0.2) is 0 Å². The van der Waals surface area contributed by atoms with E-state index in [4.69, 9.17) is 0 Å². The molecule has 16 heavy (non-hydrogen) atoms. The third-order valence-electron chi connectivity index (χ3n) is 0.524. The molecule has 0 radical (unpaired) electrons. The van der Waals surface area contributed by atoms with Crippen molar-refractivity contribution in [2.24, 2.45) is 0 Å². The zero-order valence-electron chi connectivity index (χ0n) is 8.85. The fraction of sp³-hybridized carbons (Fsp3) is 0.800. The Bertz CT molecular complexity index is 194. The van der Waals surface area contributed by atoms with Crippen LogP contribution < -0.4 is 51.4 Å². The second-order valence-corrected chi connectivity index (χ2v) is 3.99. The van der Waals surface area contributed by atoms with Gasteiger partial charge in [-0.3, -0.25) is 0 Å². The van der Waals surface area contributed by atoms with Crippen molar-refractivity contribution >= 4 is 14.0 Å². The molecular formula is C5H10F6KO3P. The molecule has 0 aromatic heterocycles. The molecule has 0 aromatic rings. The molecule has 0 heterocycles. The molecule has 0 aliphatic rings. The molecule has 0 aromatic carbocycles. The van der Waals surface area contributed by atoms with Gasteiger partial charge in [-0.05, 0) is 13.8 Å². The molecular weight excluding hydrogens is 292 g/mol. The van der Waals surface area contributed by atoms with Gasteiger partial charge in [-0.2, -0.15) is 0 Å². The van der Waals surface area contributed by atoms with E-state index in [1.165, 1.54) is 0 Å². The van der Waals surface area contributed by atoms with Crippen LogP contribution >= 0.6 is 7.81 Å².